The van der Waals surface area contributed by atoms with Crippen LogP contribution in [0.3, 0.4) is 0 Å². The molecule has 7 heteroatoms. The van der Waals surface area contributed by atoms with Crippen LogP contribution in [0.2, 0.25) is 0 Å². The Morgan fingerprint density at radius 2 is 1.90 bits per heavy atom. The molecular formula is C14H30N4O2S. The van der Waals surface area contributed by atoms with E-state index in [1.165, 1.54) is 0 Å². The molecule has 0 saturated carbocycles. The minimum Gasteiger partial charge on any atom is -0.318 e. The third kappa shape index (κ3) is 3.59. The SMILES string of the molecule is CNCC1CCCCN1S(=O)(=O)N1CCN(C)C(C)(C)C1. The molecule has 2 rings (SSSR count). The van der Waals surface area contributed by atoms with E-state index in [0.29, 0.717) is 19.6 Å². The molecular weight excluding hydrogens is 288 g/mol. The lowest BCUT2D eigenvalue weighted by Gasteiger charge is -2.47. The largest absolute Gasteiger partial charge is 0.318 e. The quantitative estimate of drug-likeness (QED) is 0.812. The molecule has 0 aromatic heterocycles. The summed E-state index contributed by atoms with van der Waals surface area (Å²) in [5, 5.41) is 3.13. The van der Waals surface area contributed by atoms with Gasteiger partial charge in [-0.25, -0.2) is 0 Å². The zero-order valence-corrected chi connectivity index (χ0v) is 14.6. The minimum absolute atomic E-state index is 0.0940. The van der Waals surface area contributed by atoms with E-state index >= 15 is 0 Å². The van der Waals surface area contributed by atoms with Crippen LogP contribution in [0.4, 0.5) is 0 Å². The van der Waals surface area contributed by atoms with Gasteiger partial charge in [0.2, 0.25) is 0 Å². The van der Waals surface area contributed by atoms with Crippen molar-refractivity contribution in [2.45, 2.75) is 44.7 Å². The number of hydrogen-bond donors (Lipinski definition) is 1. The summed E-state index contributed by atoms with van der Waals surface area (Å²) in [5.74, 6) is 0. The highest BCUT2D eigenvalue weighted by atomic mass is 32.2. The summed E-state index contributed by atoms with van der Waals surface area (Å²) in [7, 11) is 0.600. The van der Waals surface area contributed by atoms with Gasteiger partial charge in [0.15, 0.2) is 0 Å². The topological polar surface area (TPSA) is 55.9 Å². The van der Waals surface area contributed by atoms with Gasteiger partial charge >= 0.3 is 0 Å². The molecule has 0 aromatic carbocycles. The van der Waals surface area contributed by atoms with Crippen molar-refractivity contribution in [3.05, 3.63) is 0 Å². The van der Waals surface area contributed by atoms with Crippen LogP contribution < -0.4 is 5.32 Å². The number of likely N-dealkylation sites (N-methyl/N-ethyl adjacent to an activating group) is 2. The number of piperidine rings is 1. The maximum atomic E-state index is 13.0. The number of rotatable bonds is 4. The lowest BCUT2D eigenvalue weighted by molar-refractivity contribution is 0.0744. The molecule has 2 aliphatic heterocycles. The maximum Gasteiger partial charge on any atom is 0.282 e. The minimum atomic E-state index is -3.35. The van der Waals surface area contributed by atoms with Crippen LogP contribution in [0.15, 0.2) is 0 Å². The third-order valence-electron chi connectivity index (χ3n) is 4.92. The summed E-state index contributed by atoms with van der Waals surface area (Å²) in [6.45, 7) is 7.54. The molecule has 0 spiro atoms. The van der Waals surface area contributed by atoms with E-state index in [1.54, 1.807) is 8.61 Å². The zero-order valence-electron chi connectivity index (χ0n) is 13.8. The van der Waals surface area contributed by atoms with Gasteiger partial charge in [0.25, 0.3) is 10.2 Å². The van der Waals surface area contributed by atoms with Gasteiger partial charge in [0, 0.05) is 44.3 Å². The third-order valence-corrected chi connectivity index (χ3v) is 6.95. The standard InChI is InChI=1S/C14H30N4O2S/c1-14(2)12-17(10-9-16(14)4)21(19,20)18-8-6-5-7-13(18)11-15-3/h13,15H,5-12H2,1-4H3. The molecule has 0 aliphatic carbocycles. The molecule has 2 aliphatic rings. The van der Waals surface area contributed by atoms with Crippen molar-refractivity contribution in [1.82, 2.24) is 18.8 Å². The second-order valence-corrected chi connectivity index (χ2v) is 8.77. The number of nitrogens with zero attached hydrogens (tertiary/aromatic N) is 3. The van der Waals surface area contributed by atoms with Gasteiger partial charge < -0.3 is 5.32 Å². The van der Waals surface area contributed by atoms with Gasteiger partial charge in [-0.05, 0) is 40.8 Å². The molecule has 1 N–H and O–H groups in total. The van der Waals surface area contributed by atoms with Crippen molar-refractivity contribution in [1.29, 1.82) is 0 Å². The monoisotopic (exact) mass is 318 g/mol. The van der Waals surface area contributed by atoms with Crippen molar-refractivity contribution in [2.75, 3.05) is 46.8 Å². The van der Waals surface area contributed by atoms with Crippen LogP contribution in [0.25, 0.3) is 0 Å². The van der Waals surface area contributed by atoms with Gasteiger partial charge in [-0.3, -0.25) is 4.90 Å². The Labute approximate surface area is 129 Å². The molecule has 2 heterocycles. The van der Waals surface area contributed by atoms with E-state index in [-0.39, 0.29) is 11.6 Å². The van der Waals surface area contributed by atoms with Crippen molar-refractivity contribution >= 4 is 10.2 Å². The first-order valence-electron chi connectivity index (χ1n) is 7.92. The van der Waals surface area contributed by atoms with Crippen molar-refractivity contribution < 1.29 is 8.42 Å². The first kappa shape index (κ1) is 17.1. The Balaban J connectivity index is 2.16. The number of hydrogen-bond acceptors (Lipinski definition) is 4. The summed E-state index contributed by atoms with van der Waals surface area (Å²) in [5.41, 5.74) is -0.111. The van der Waals surface area contributed by atoms with E-state index < -0.39 is 10.2 Å². The molecule has 0 amide bonds. The Kier molecular flexibility index (Phi) is 5.31. The van der Waals surface area contributed by atoms with E-state index in [4.69, 9.17) is 0 Å². The van der Waals surface area contributed by atoms with Crippen LogP contribution in [-0.4, -0.2) is 80.3 Å². The van der Waals surface area contributed by atoms with Crippen LogP contribution in [0.1, 0.15) is 33.1 Å². The first-order chi connectivity index (χ1) is 9.79. The number of nitrogens with one attached hydrogen (secondary N) is 1. The van der Waals surface area contributed by atoms with Crippen LogP contribution in [0, 0.1) is 0 Å². The van der Waals surface area contributed by atoms with Crippen molar-refractivity contribution in [3.63, 3.8) is 0 Å². The molecule has 21 heavy (non-hydrogen) atoms. The fraction of sp³-hybridized carbons (Fsp3) is 1.00. The summed E-state index contributed by atoms with van der Waals surface area (Å²) in [4.78, 5) is 2.24. The zero-order chi connectivity index (χ0) is 15.7. The van der Waals surface area contributed by atoms with Gasteiger partial charge in [0.05, 0.1) is 0 Å². The van der Waals surface area contributed by atoms with Gasteiger partial charge in [-0.1, -0.05) is 6.42 Å². The molecule has 6 nitrogen and oxygen atoms in total. The maximum absolute atomic E-state index is 13.0. The summed E-state index contributed by atoms with van der Waals surface area (Å²) >= 11 is 0. The second kappa shape index (κ2) is 6.50. The summed E-state index contributed by atoms with van der Waals surface area (Å²) in [6.07, 6.45) is 3.04. The lowest BCUT2D eigenvalue weighted by atomic mass is 10.0. The van der Waals surface area contributed by atoms with E-state index in [0.717, 1.165) is 32.4 Å². The fourth-order valence-corrected chi connectivity index (χ4v) is 5.26. The molecule has 1 unspecified atom stereocenters. The molecule has 0 bridgehead atoms. The highest BCUT2D eigenvalue weighted by Crippen LogP contribution is 2.26. The highest BCUT2D eigenvalue weighted by Gasteiger charge is 2.41. The fourth-order valence-electron chi connectivity index (χ4n) is 3.26. The average Bonchev–Trinajstić information content (AvgIpc) is 2.42. The Morgan fingerprint density at radius 1 is 1.19 bits per heavy atom. The molecule has 0 radical (unpaired) electrons. The second-order valence-electron chi connectivity index (χ2n) is 6.89. The first-order valence-corrected chi connectivity index (χ1v) is 9.31. The predicted octanol–water partition coefficient (Wildman–Crippen LogP) is 0.331. The van der Waals surface area contributed by atoms with Crippen molar-refractivity contribution in [2.24, 2.45) is 0 Å². The Hall–Kier alpha value is -0.210. The number of piperazine rings is 1. The van der Waals surface area contributed by atoms with E-state index in [9.17, 15) is 8.42 Å². The normalized spacial score (nSPS) is 29.6. The molecule has 2 fully saturated rings. The Morgan fingerprint density at radius 3 is 2.52 bits per heavy atom. The molecule has 0 aromatic rings. The van der Waals surface area contributed by atoms with E-state index in [1.807, 2.05) is 7.05 Å². The smallest absolute Gasteiger partial charge is 0.282 e. The molecule has 2 saturated heterocycles. The predicted molar refractivity (Wildman–Crippen MR) is 85.5 cm³/mol. The summed E-state index contributed by atoms with van der Waals surface area (Å²) < 4.78 is 29.5. The molecule has 124 valence electrons. The van der Waals surface area contributed by atoms with E-state index in [2.05, 4.69) is 31.1 Å². The summed E-state index contributed by atoms with van der Waals surface area (Å²) in [6, 6.07) is 0.0940. The van der Waals surface area contributed by atoms with Gasteiger partial charge in [0.1, 0.15) is 0 Å². The highest BCUT2D eigenvalue weighted by molar-refractivity contribution is 7.86. The van der Waals surface area contributed by atoms with Gasteiger partial charge in [-0.2, -0.15) is 17.0 Å². The van der Waals surface area contributed by atoms with Gasteiger partial charge in [-0.15, -0.1) is 0 Å². The molecule has 1 atom stereocenters. The van der Waals surface area contributed by atoms with Crippen LogP contribution in [-0.2, 0) is 10.2 Å². The van der Waals surface area contributed by atoms with Crippen LogP contribution >= 0.6 is 0 Å². The Bertz CT molecular complexity index is 450. The average molecular weight is 318 g/mol. The van der Waals surface area contributed by atoms with Crippen LogP contribution in [0.5, 0.6) is 0 Å². The lowest BCUT2D eigenvalue weighted by Crippen LogP contribution is -2.62. The van der Waals surface area contributed by atoms with Crippen molar-refractivity contribution in [3.8, 4) is 0 Å².